The van der Waals surface area contributed by atoms with Crippen LogP contribution >= 0.6 is 11.8 Å². The Hall–Kier alpha value is -3.83. The van der Waals surface area contributed by atoms with Gasteiger partial charge in [0.1, 0.15) is 16.9 Å². The van der Waals surface area contributed by atoms with Crippen molar-refractivity contribution in [1.82, 2.24) is 10.3 Å². The van der Waals surface area contributed by atoms with Gasteiger partial charge in [-0.2, -0.15) is 5.26 Å². The largest absolute Gasteiger partial charge is 0.383 e. The molecule has 156 valence electrons. The lowest BCUT2D eigenvalue weighted by molar-refractivity contribution is -0.118. The molecule has 3 aromatic rings. The average molecular weight is 432 g/mol. The lowest BCUT2D eigenvalue weighted by Gasteiger charge is -2.10. The zero-order valence-electron chi connectivity index (χ0n) is 16.9. The van der Waals surface area contributed by atoms with Crippen LogP contribution in [0, 0.1) is 18.3 Å². The van der Waals surface area contributed by atoms with Gasteiger partial charge in [-0.3, -0.25) is 9.59 Å². The van der Waals surface area contributed by atoms with Gasteiger partial charge in [0.05, 0.1) is 16.9 Å². The smallest absolute Gasteiger partial charge is 0.259 e. The predicted octanol–water partition coefficient (Wildman–Crippen LogP) is 3.50. The van der Waals surface area contributed by atoms with Crippen LogP contribution in [0.15, 0.2) is 65.7 Å². The third-order valence-electron chi connectivity index (χ3n) is 4.36. The van der Waals surface area contributed by atoms with Crippen LogP contribution in [0.1, 0.15) is 27.0 Å². The lowest BCUT2D eigenvalue weighted by Crippen LogP contribution is -2.24. The van der Waals surface area contributed by atoms with E-state index in [1.165, 1.54) is 6.07 Å². The molecule has 0 aliphatic heterocycles. The number of nitrogens with two attached hydrogens (primary N) is 1. The molecule has 0 saturated heterocycles. The van der Waals surface area contributed by atoms with Crippen LogP contribution in [0.3, 0.4) is 0 Å². The van der Waals surface area contributed by atoms with E-state index in [9.17, 15) is 14.9 Å². The highest BCUT2D eigenvalue weighted by Gasteiger charge is 2.17. The first kappa shape index (κ1) is 21.9. The number of hydrogen-bond acceptors (Lipinski definition) is 6. The summed E-state index contributed by atoms with van der Waals surface area (Å²) in [4.78, 5) is 28.9. The second-order valence-corrected chi connectivity index (χ2v) is 7.72. The van der Waals surface area contributed by atoms with Gasteiger partial charge in [-0.1, -0.05) is 59.8 Å². The number of benzene rings is 2. The highest BCUT2D eigenvalue weighted by molar-refractivity contribution is 8.00. The van der Waals surface area contributed by atoms with Crippen LogP contribution in [-0.2, 0) is 11.3 Å². The number of carbonyl (C=O) groups is 2. The summed E-state index contributed by atoms with van der Waals surface area (Å²) in [6.45, 7) is 2.42. The quantitative estimate of drug-likeness (QED) is 0.492. The Morgan fingerprint density at radius 1 is 1.13 bits per heavy atom. The molecule has 0 spiro atoms. The van der Waals surface area contributed by atoms with Crippen molar-refractivity contribution in [2.75, 3.05) is 16.8 Å². The van der Waals surface area contributed by atoms with Crippen molar-refractivity contribution in [1.29, 1.82) is 5.26 Å². The number of aryl methyl sites for hydroxylation is 1. The van der Waals surface area contributed by atoms with Crippen molar-refractivity contribution in [3.63, 3.8) is 0 Å². The number of carbonyl (C=O) groups excluding carboxylic acids is 2. The number of amides is 2. The Balaban J connectivity index is 1.63. The van der Waals surface area contributed by atoms with Gasteiger partial charge in [0.2, 0.25) is 5.91 Å². The number of anilines is 2. The second kappa shape index (κ2) is 10.3. The SMILES string of the molecule is Cc1ccc(CNC(=O)CSc2nc(N)c(C(=O)Nc3ccccc3)cc2C#N)cc1. The average Bonchev–Trinajstić information content (AvgIpc) is 2.78. The number of hydrogen-bond donors (Lipinski definition) is 3. The molecular formula is C23H21N5O2S. The van der Waals surface area contributed by atoms with Crippen molar-refractivity contribution < 1.29 is 9.59 Å². The topological polar surface area (TPSA) is 121 Å². The summed E-state index contributed by atoms with van der Waals surface area (Å²) < 4.78 is 0. The summed E-state index contributed by atoms with van der Waals surface area (Å²) in [7, 11) is 0. The van der Waals surface area contributed by atoms with Gasteiger partial charge in [-0.05, 0) is 30.7 Å². The van der Waals surface area contributed by atoms with Crippen molar-refractivity contribution in [3.05, 3.63) is 82.9 Å². The first-order chi connectivity index (χ1) is 15.0. The Labute approximate surface area is 184 Å². The Morgan fingerprint density at radius 3 is 2.52 bits per heavy atom. The van der Waals surface area contributed by atoms with Crippen molar-refractivity contribution in [2.24, 2.45) is 0 Å². The van der Waals surface area contributed by atoms with Gasteiger partial charge in [-0.25, -0.2) is 4.98 Å². The van der Waals surface area contributed by atoms with Crippen LogP contribution < -0.4 is 16.4 Å². The Bertz CT molecular complexity index is 1130. The Kier molecular flexibility index (Phi) is 7.25. The zero-order valence-corrected chi connectivity index (χ0v) is 17.7. The molecule has 0 aliphatic rings. The molecule has 2 amide bonds. The number of para-hydroxylation sites is 1. The van der Waals surface area contributed by atoms with Gasteiger partial charge in [0, 0.05) is 12.2 Å². The minimum Gasteiger partial charge on any atom is -0.383 e. The monoisotopic (exact) mass is 431 g/mol. The highest BCUT2D eigenvalue weighted by Crippen LogP contribution is 2.24. The molecule has 7 nitrogen and oxygen atoms in total. The lowest BCUT2D eigenvalue weighted by atomic mass is 10.1. The number of nitrogen functional groups attached to an aromatic ring is 1. The van der Waals surface area contributed by atoms with Crippen LogP contribution in [0.5, 0.6) is 0 Å². The van der Waals surface area contributed by atoms with Gasteiger partial charge in [0.25, 0.3) is 5.91 Å². The molecule has 0 fully saturated rings. The third kappa shape index (κ3) is 6.07. The molecule has 1 heterocycles. The number of nitriles is 1. The first-order valence-corrected chi connectivity index (χ1v) is 10.5. The molecular weight excluding hydrogens is 410 g/mol. The summed E-state index contributed by atoms with van der Waals surface area (Å²) in [5, 5.41) is 15.3. The minimum absolute atomic E-state index is 0.00463. The van der Waals surface area contributed by atoms with E-state index in [0.717, 1.165) is 22.9 Å². The van der Waals surface area contributed by atoms with Crippen molar-refractivity contribution in [2.45, 2.75) is 18.5 Å². The maximum absolute atomic E-state index is 12.5. The molecule has 0 bridgehead atoms. The van der Waals surface area contributed by atoms with E-state index in [-0.39, 0.29) is 28.6 Å². The molecule has 4 N–H and O–H groups in total. The number of thioether (sulfide) groups is 1. The summed E-state index contributed by atoms with van der Waals surface area (Å²) >= 11 is 1.10. The molecule has 2 aromatic carbocycles. The fourth-order valence-electron chi connectivity index (χ4n) is 2.69. The van der Waals surface area contributed by atoms with Crippen LogP contribution in [0.2, 0.25) is 0 Å². The summed E-state index contributed by atoms with van der Waals surface area (Å²) in [6, 6.07) is 20.2. The van der Waals surface area contributed by atoms with Crippen LogP contribution in [0.25, 0.3) is 0 Å². The molecule has 31 heavy (non-hydrogen) atoms. The molecule has 0 saturated carbocycles. The van der Waals surface area contributed by atoms with E-state index in [4.69, 9.17) is 5.73 Å². The third-order valence-corrected chi connectivity index (χ3v) is 5.36. The number of aromatic nitrogens is 1. The van der Waals surface area contributed by atoms with Crippen molar-refractivity contribution >= 4 is 35.1 Å². The summed E-state index contributed by atoms with van der Waals surface area (Å²) in [6.07, 6.45) is 0. The molecule has 0 unspecified atom stereocenters. The van der Waals surface area contributed by atoms with E-state index >= 15 is 0 Å². The highest BCUT2D eigenvalue weighted by atomic mass is 32.2. The molecule has 0 radical (unpaired) electrons. The van der Waals surface area contributed by atoms with E-state index < -0.39 is 5.91 Å². The van der Waals surface area contributed by atoms with Gasteiger partial charge in [0.15, 0.2) is 0 Å². The standard InChI is InChI=1S/C23H21N5O2S/c1-15-7-9-16(10-8-15)13-26-20(29)14-31-23-17(12-24)11-19(21(25)28-23)22(30)27-18-5-3-2-4-6-18/h2-11H,13-14H2,1H3,(H2,25,28)(H,26,29)(H,27,30). The number of nitrogens with one attached hydrogen (secondary N) is 2. The van der Waals surface area contributed by atoms with Crippen LogP contribution in [0.4, 0.5) is 11.5 Å². The summed E-state index contributed by atoms with van der Waals surface area (Å²) in [5.74, 6) is -0.585. The number of rotatable bonds is 7. The predicted molar refractivity (Wildman–Crippen MR) is 122 cm³/mol. The Morgan fingerprint density at radius 2 is 1.84 bits per heavy atom. The van der Waals surface area contributed by atoms with E-state index in [2.05, 4.69) is 15.6 Å². The van der Waals surface area contributed by atoms with Crippen LogP contribution in [-0.4, -0.2) is 22.6 Å². The fourth-order valence-corrected chi connectivity index (χ4v) is 3.49. The first-order valence-electron chi connectivity index (χ1n) is 9.48. The minimum atomic E-state index is -0.458. The number of pyridine rings is 1. The fraction of sp³-hybridized carbons (Fsp3) is 0.130. The maximum atomic E-state index is 12.5. The van der Waals surface area contributed by atoms with Gasteiger partial charge < -0.3 is 16.4 Å². The molecule has 8 heteroatoms. The molecule has 1 aromatic heterocycles. The summed E-state index contributed by atoms with van der Waals surface area (Å²) in [5.41, 5.74) is 9.00. The van der Waals surface area contributed by atoms with E-state index in [0.29, 0.717) is 17.3 Å². The number of nitrogens with zero attached hydrogens (tertiary/aromatic N) is 2. The van der Waals surface area contributed by atoms with Gasteiger partial charge in [-0.15, -0.1) is 0 Å². The van der Waals surface area contributed by atoms with Gasteiger partial charge >= 0.3 is 0 Å². The van der Waals surface area contributed by atoms with E-state index in [1.807, 2.05) is 43.3 Å². The van der Waals surface area contributed by atoms with Crippen molar-refractivity contribution in [3.8, 4) is 6.07 Å². The van der Waals surface area contributed by atoms with E-state index in [1.54, 1.807) is 24.3 Å². The second-order valence-electron chi connectivity index (χ2n) is 6.76. The maximum Gasteiger partial charge on any atom is 0.259 e. The molecule has 0 atom stereocenters. The normalized spacial score (nSPS) is 10.2. The zero-order chi connectivity index (χ0) is 22.2. The molecule has 0 aliphatic carbocycles. The molecule has 3 rings (SSSR count).